The van der Waals surface area contributed by atoms with Crippen molar-refractivity contribution in [3.05, 3.63) is 65.4 Å². The summed E-state index contributed by atoms with van der Waals surface area (Å²) in [4.78, 5) is 17.1. The summed E-state index contributed by atoms with van der Waals surface area (Å²) in [6.45, 7) is 10.4. The van der Waals surface area contributed by atoms with E-state index in [0.29, 0.717) is 11.5 Å². The average Bonchev–Trinajstić information content (AvgIpc) is 3.11. The van der Waals surface area contributed by atoms with Crippen molar-refractivity contribution >= 4 is 22.7 Å². The minimum absolute atomic E-state index is 0.0279. The van der Waals surface area contributed by atoms with E-state index in [1.54, 1.807) is 33.0 Å². The van der Waals surface area contributed by atoms with Crippen LogP contribution in [0.5, 0.6) is 0 Å². The number of benzene rings is 2. The van der Waals surface area contributed by atoms with E-state index < -0.39 is 23.3 Å². The second-order valence-electron chi connectivity index (χ2n) is 9.32. The first-order valence-electron chi connectivity index (χ1n) is 11.1. The number of ether oxygens (including phenoxy) is 1. The first kappa shape index (κ1) is 25.1. The molecule has 9 heteroatoms. The highest BCUT2D eigenvalue weighted by atomic mass is 19.1. The zero-order valence-electron chi connectivity index (χ0n) is 20.1. The molecule has 1 aromatic heterocycles. The summed E-state index contributed by atoms with van der Waals surface area (Å²) in [6, 6.07) is 8.80. The lowest BCUT2D eigenvalue weighted by molar-refractivity contribution is 0.0502. The Bertz CT molecular complexity index is 1180. The first-order valence-corrected chi connectivity index (χ1v) is 11.1. The predicted molar refractivity (Wildman–Crippen MR) is 127 cm³/mol. The van der Waals surface area contributed by atoms with Crippen LogP contribution in [0, 0.1) is 17.6 Å². The second kappa shape index (κ2) is 10.6. The minimum Gasteiger partial charge on any atom is -0.444 e. The summed E-state index contributed by atoms with van der Waals surface area (Å²) in [5.41, 5.74) is 1.21. The van der Waals surface area contributed by atoms with Gasteiger partial charge in [-0.1, -0.05) is 25.1 Å². The predicted octanol–water partition coefficient (Wildman–Crippen LogP) is 5.26. The molecule has 7 nitrogen and oxygen atoms in total. The molecule has 2 aromatic carbocycles. The summed E-state index contributed by atoms with van der Waals surface area (Å²) in [5, 5.41) is 12.0. The van der Waals surface area contributed by atoms with Crippen molar-refractivity contribution in [1.29, 1.82) is 0 Å². The van der Waals surface area contributed by atoms with Gasteiger partial charge in [0.05, 0.1) is 18.3 Å². The van der Waals surface area contributed by atoms with E-state index in [4.69, 9.17) is 9.57 Å². The van der Waals surface area contributed by atoms with Crippen molar-refractivity contribution in [1.82, 2.24) is 15.1 Å². The summed E-state index contributed by atoms with van der Waals surface area (Å²) >= 11 is 0. The molecule has 1 heterocycles. The van der Waals surface area contributed by atoms with Crippen molar-refractivity contribution in [2.75, 3.05) is 13.2 Å². The van der Waals surface area contributed by atoms with Crippen LogP contribution in [0.25, 0.3) is 10.9 Å². The summed E-state index contributed by atoms with van der Waals surface area (Å²) in [5.74, 6) is -1.02. The monoisotopic (exact) mass is 472 g/mol. The number of carbonyl (C=O) groups excluding carboxylic acids is 1. The minimum atomic E-state index is -0.759. The number of oxime groups is 1. The topological polar surface area (TPSA) is 77.7 Å². The van der Waals surface area contributed by atoms with E-state index in [9.17, 15) is 13.6 Å². The van der Waals surface area contributed by atoms with E-state index in [2.05, 4.69) is 29.4 Å². The molecule has 0 aliphatic rings. The summed E-state index contributed by atoms with van der Waals surface area (Å²) < 4.78 is 35.2. The van der Waals surface area contributed by atoms with Crippen LogP contribution in [-0.2, 0) is 16.1 Å². The Kier molecular flexibility index (Phi) is 7.86. The van der Waals surface area contributed by atoms with Crippen LogP contribution >= 0.6 is 0 Å². The summed E-state index contributed by atoms with van der Waals surface area (Å²) in [7, 11) is 0. The number of amides is 1. The third kappa shape index (κ3) is 6.76. The molecule has 0 bridgehead atoms. The lowest BCUT2D eigenvalue weighted by atomic mass is 10.0. The first-order chi connectivity index (χ1) is 16.0. The fourth-order valence-corrected chi connectivity index (χ4v) is 3.29. The largest absolute Gasteiger partial charge is 0.444 e. The Morgan fingerprint density at radius 1 is 1.18 bits per heavy atom. The SMILES string of the molecule is CC(C)Cn1ncc2cc(C(=NOCCNC(=O)OC(C)(C)C)c3ccc(F)cc3F)ccc21. The van der Waals surface area contributed by atoms with Crippen LogP contribution < -0.4 is 5.32 Å². The van der Waals surface area contributed by atoms with E-state index in [-0.39, 0.29) is 24.4 Å². The zero-order valence-corrected chi connectivity index (χ0v) is 20.1. The van der Waals surface area contributed by atoms with Gasteiger partial charge in [-0.25, -0.2) is 13.6 Å². The maximum Gasteiger partial charge on any atom is 0.407 e. The van der Waals surface area contributed by atoms with Gasteiger partial charge in [-0.15, -0.1) is 0 Å². The van der Waals surface area contributed by atoms with Crippen LogP contribution in [0.4, 0.5) is 13.6 Å². The molecule has 1 N–H and O–H groups in total. The number of fused-ring (bicyclic) bond motifs is 1. The van der Waals surface area contributed by atoms with E-state index in [1.807, 2.05) is 16.8 Å². The number of halogens is 2. The molecule has 1 amide bonds. The number of carbonyl (C=O) groups is 1. The van der Waals surface area contributed by atoms with E-state index >= 15 is 0 Å². The van der Waals surface area contributed by atoms with Gasteiger partial charge in [-0.2, -0.15) is 5.10 Å². The smallest absolute Gasteiger partial charge is 0.407 e. The van der Waals surface area contributed by atoms with Gasteiger partial charge in [-0.3, -0.25) is 4.68 Å². The van der Waals surface area contributed by atoms with Crippen molar-refractivity contribution in [2.45, 2.75) is 46.8 Å². The molecular formula is C25H30F2N4O3. The highest BCUT2D eigenvalue weighted by Gasteiger charge is 2.17. The normalized spacial score (nSPS) is 12.3. The van der Waals surface area contributed by atoms with Crippen molar-refractivity contribution < 1.29 is 23.1 Å². The maximum absolute atomic E-state index is 14.6. The molecule has 34 heavy (non-hydrogen) atoms. The summed E-state index contributed by atoms with van der Waals surface area (Å²) in [6.07, 6.45) is 1.17. The van der Waals surface area contributed by atoms with Gasteiger partial charge in [0, 0.05) is 29.1 Å². The Labute approximate surface area is 197 Å². The Balaban J connectivity index is 1.82. The molecule has 0 fully saturated rings. The standard InChI is InChI=1S/C25H30F2N4O3/c1-16(2)15-31-22-9-6-17(12-18(22)14-29-31)23(20-8-7-19(26)13-21(20)27)30-33-11-10-28-24(32)34-25(3,4)5/h6-9,12-14,16H,10-11,15H2,1-5H3,(H,28,32). The van der Waals surface area contributed by atoms with Crippen LogP contribution in [0.1, 0.15) is 45.7 Å². The highest BCUT2D eigenvalue weighted by Crippen LogP contribution is 2.22. The van der Waals surface area contributed by atoms with Crippen LogP contribution in [0.15, 0.2) is 47.8 Å². The molecule has 3 aromatic rings. The molecule has 0 aliphatic heterocycles. The molecular weight excluding hydrogens is 442 g/mol. The lowest BCUT2D eigenvalue weighted by Gasteiger charge is -2.19. The second-order valence-corrected chi connectivity index (χ2v) is 9.32. The van der Waals surface area contributed by atoms with Gasteiger partial charge in [0.2, 0.25) is 0 Å². The number of rotatable bonds is 8. The van der Waals surface area contributed by atoms with Crippen molar-refractivity contribution in [2.24, 2.45) is 11.1 Å². The van der Waals surface area contributed by atoms with Gasteiger partial charge >= 0.3 is 6.09 Å². The fourth-order valence-electron chi connectivity index (χ4n) is 3.29. The molecule has 0 saturated heterocycles. The quantitative estimate of drug-likeness (QED) is 0.275. The Morgan fingerprint density at radius 2 is 1.94 bits per heavy atom. The number of nitrogens with zero attached hydrogens (tertiary/aromatic N) is 3. The average molecular weight is 473 g/mol. The van der Waals surface area contributed by atoms with Crippen molar-refractivity contribution in [3.8, 4) is 0 Å². The molecule has 0 atom stereocenters. The highest BCUT2D eigenvalue weighted by molar-refractivity contribution is 6.14. The zero-order chi connectivity index (χ0) is 24.9. The van der Waals surface area contributed by atoms with Crippen molar-refractivity contribution in [3.63, 3.8) is 0 Å². The molecule has 0 unspecified atom stereocenters. The van der Waals surface area contributed by atoms with Gasteiger partial charge in [0.25, 0.3) is 0 Å². The van der Waals surface area contributed by atoms with Crippen LogP contribution in [-0.4, -0.2) is 40.3 Å². The molecule has 0 saturated carbocycles. The van der Waals surface area contributed by atoms with Crippen LogP contribution in [0.2, 0.25) is 0 Å². The Hall–Kier alpha value is -3.49. The van der Waals surface area contributed by atoms with Crippen LogP contribution in [0.3, 0.4) is 0 Å². The maximum atomic E-state index is 14.6. The lowest BCUT2D eigenvalue weighted by Crippen LogP contribution is -2.34. The molecule has 0 spiro atoms. The van der Waals surface area contributed by atoms with Gasteiger partial charge < -0.3 is 14.9 Å². The number of nitrogens with one attached hydrogen (secondary N) is 1. The molecule has 0 aliphatic carbocycles. The molecule has 3 rings (SSSR count). The van der Waals surface area contributed by atoms with E-state index in [1.165, 1.54) is 6.07 Å². The fraction of sp³-hybridized carbons (Fsp3) is 0.400. The number of hydrogen-bond donors (Lipinski definition) is 1. The third-order valence-electron chi connectivity index (χ3n) is 4.66. The Morgan fingerprint density at radius 3 is 2.62 bits per heavy atom. The molecule has 0 radical (unpaired) electrons. The molecule has 182 valence electrons. The van der Waals surface area contributed by atoms with E-state index in [0.717, 1.165) is 29.6 Å². The number of alkyl carbamates (subject to hydrolysis) is 1. The van der Waals surface area contributed by atoms with Gasteiger partial charge in [-0.05, 0) is 51.0 Å². The number of hydrogen-bond acceptors (Lipinski definition) is 5. The number of aromatic nitrogens is 2. The third-order valence-corrected chi connectivity index (χ3v) is 4.66. The van der Waals surface area contributed by atoms with Gasteiger partial charge in [0.15, 0.2) is 0 Å². The van der Waals surface area contributed by atoms with Gasteiger partial charge in [0.1, 0.15) is 29.6 Å².